The number of rotatable bonds is 64. The molecular formula is C88H143NO13. The number of aliphatic hydroxyl groups is 8. The lowest BCUT2D eigenvalue weighted by Crippen LogP contribution is -2.65. The first-order valence-corrected chi connectivity index (χ1v) is 40.0. The van der Waals surface area contributed by atoms with E-state index in [2.05, 4.69) is 189 Å². The van der Waals surface area contributed by atoms with Crippen LogP contribution in [0.5, 0.6) is 0 Å². The van der Waals surface area contributed by atoms with E-state index in [0.717, 1.165) is 116 Å². The van der Waals surface area contributed by atoms with E-state index >= 15 is 0 Å². The molecule has 12 unspecified atom stereocenters. The normalized spacial score (nSPS) is 22.7. The predicted molar refractivity (Wildman–Crippen MR) is 423 cm³/mol. The molecule has 2 fully saturated rings. The van der Waals surface area contributed by atoms with Crippen LogP contribution in [0.25, 0.3) is 0 Å². The zero-order chi connectivity index (χ0) is 73.7. The monoisotopic (exact) mass is 1420 g/mol. The van der Waals surface area contributed by atoms with E-state index < -0.39 is 86.8 Å². The van der Waals surface area contributed by atoms with Crippen LogP contribution in [-0.4, -0.2) is 140 Å². The standard InChI is InChI=1S/C88H143NO13/c1-3-5-7-9-11-13-15-17-19-21-23-25-27-29-31-33-34-35-36-37-38-39-40-41-42-44-46-48-50-52-54-56-58-60-62-64-66-68-70-72-80(93)89-76(75-99-87-85(98)83(96)86(79(74-91)101-87)102-88-84(97)82(95)81(94)78(73-90)100-88)77(92)71-69-67-65-63-61-59-57-55-53-51-49-47-45-43-32-30-28-26-24-22-20-18-16-14-12-10-8-6-4-2/h5,7,11,13,17,19,23,25,29,31,34-35,37-38,40-41,44,46,50,52-53,55-56,58,61-64,69,71,76-79,81-88,90-92,94-98H,3-4,6,8-10,12,14-16,18,20-22,24,26-28,30,32-33,36,39,42-43,45,47-49,51,54,57,59-60,65-68,70,72-75H2,1-2H3,(H,89,93)/b7-5-,13-11-,19-17-,25-23-,31-29-,35-34-,38-37-,41-40-,46-44-,52-50-,55-53+,58-56-,63-61+,64-62-,71-69+. The third-order valence-electron chi connectivity index (χ3n) is 18.1. The lowest BCUT2D eigenvalue weighted by molar-refractivity contribution is -0.359. The van der Waals surface area contributed by atoms with Crippen LogP contribution < -0.4 is 5.32 Å². The summed E-state index contributed by atoms with van der Waals surface area (Å²) >= 11 is 0. The Hall–Kier alpha value is -4.91. The lowest BCUT2D eigenvalue weighted by Gasteiger charge is -2.46. The second-order valence-corrected chi connectivity index (χ2v) is 27.1. The fourth-order valence-electron chi connectivity index (χ4n) is 11.8. The molecule has 12 atom stereocenters. The second kappa shape index (κ2) is 69.2. The molecule has 578 valence electrons. The van der Waals surface area contributed by atoms with Gasteiger partial charge in [0.25, 0.3) is 0 Å². The quantitative estimate of drug-likeness (QED) is 0.0204. The van der Waals surface area contributed by atoms with Gasteiger partial charge < -0.3 is 65.1 Å². The smallest absolute Gasteiger partial charge is 0.220 e. The van der Waals surface area contributed by atoms with Crippen molar-refractivity contribution in [3.8, 4) is 0 Å². The molecule has 0 aromatic heterocycles. The first-order chi connectivity index (χ1) is 50.1. The number of carbonyl (C=O) groups excluding carboxylic acids is 1. The zero-order valence-corrected chi connectivity index (χ0v) is 63.3. The van der Waals surface area contributed by atoms with Gasteiger partial charge in [-0.15, -0.1) is 0 Å². The minimum Gasteiger partial charge on any atom is -0.394 e. The van der Waals surface area contributed by atoms with E-state index in [1.807, 2.05) is 6.08 Å². The molecule has 2 rings (SSSR count). The minimum absolute atomic E-state index is 0.202. The van der Waals surface area contributed by atoms with Gasteiger partial charge in [0.05, 0.1) is 32.0 Å². The summed E-state index contributed by atoms with van der Waals surface area (Å²) in [6.45, 7) is 2.64. The van der Waals surface area contributed by atoms with Crippen LogP contribution >= 0.6 is 0 Å². The summed E-state index contributed by atoms with van der Waals surface area (Å²) in [5.41, 5.74) is 0. The fourth-order valence-corrected chi connectivity index (χ4v) is 11.8. The largest absolute Gasteiger partial charge is 0.394 e. The number of unbranched alkanes of at least 4 members (excludes halogenated alkanes) is 23. The molecule has 0 radical (unpaired) electrons. The number of allylic oxidation sites excluding steroid dienone is 29. The van der Waals surface area contributed by atoms with Gasteiger partial charge in [-0.2, -0.15) is 0 Å². The molecule has 2 saturated heterocycles. The lowest BCUT2D eigenvalue weighted by atomic mass is 9.97. The van der Waals surface area contributed by atoms with Crippen LogP contribution in [0.4, 0.5) is 0 Å². The van der Waals surface area contributed by atoms with E-state index in [-0.39, 0.29) is 18.9 Å². The molecule has 0 spiro atoms. The maximum atomic E-state index is 13.4. The van der Waals surface area contributed by atoms with E-state index in [4.69, 9.17) is 18.9 Å². The Bertz CT molecular complexity index is 2430. The van der Waals surface area contributed by atoms with E-state index in [1.165, 1.54) is 122 Å². The van der Waals surface area contributed by atoms with Gasteiger partial charge in [-0.25, -0.2) is 0 Å². The summed E-state index contributed by atoms with van der Waals surface area (Å²) in [6.07, 6.45) is 92.5. The first-order valence-electron chi connectivity index (χ1n) is 40.0. The number of aliphatic hydroxyl groups excluding tert-OH is 8. The van der Waals surface area contributed by atoms with Crippen LogP contribution in [0.15, 0.2) is 182 Å². The van der Waals surface area contributed by atoms with Gasteiger partial charge in [0, 0.05) is 6.42 Å². The van der Waals surface area contributed by atoms with Crippen LogP contribution in [0.1, 0.15) is 271 Å². The maximum absolute atomic E-state index is 13.4. The number of ether oxygens (including phenoxy) is 4. The van der Waals surface area contributed by atoms with Crippen molar-refractivity contribution in [3.05, 3.63) is 182 Å². The molecule has 0 aliphatic carbocycles. The van der Waals surface area contributed by atoms with Gasteiger partial charge in [-0.05, 0) is 135 Å². The molecule has 0 bridgehead atoms. The van der Waals surface area contributed by atoms with Gasteiger partial charge in [0.2, 0.25) is 5.91 Å². The molecule has 9 N–H and O–H groups in total. The highest BCUT2D eigenvalue weighted by Gasteiger charge is 2.51. The summed E-state index contributed by atoms with van der Waals surface area (Å²) < 4.78 is 22.8. The van der Waals surface area contributed by atoms with Crippen molar-refractivity contribution in [2.75, 3.05) is 19.8 Å². The molecule has 1 amide bonds. The molecular weight excluding hydrogens is 1280 g/mol. The summed E-state index contributed by atoms with van der Waals surface area (Å²) in [4.78, 5) is 13.4. The van der Waals surface area contributed by atoms with Crippen molar-refractivity contribution in [2.45, 2.75) is 344 Å². The third kappa shape index (κ3) is 51.3. The summed E-state index contributed by atoms with van der Waals surface area (Å²) in [7, 11) is 0. The predicted octanol–water partition coefficient (Wildman–Crippen LogP) is 18.5. The van der Waals surface area contributed by atoms with E-state index in [9.17, 15) is 45.6 Å². The average molecular weight is 1420 g/mol. The highest BCUT2D eigenvalue weighted by molar-refractivity contribution is 5.76. The molecule has 2 aliphatic heterocycles. The van der Waals surface area contributed by atoms with Crippen LogP contribution in [0.2, 0.25) is 0 Å². The molecule has 2 aliphatic rings. The summed E-state index contributed by atoms with van der Waals surface area (Å²) in [5, 5.41) is 87.6. The van der Waals surface area contributed by atoms with Crippen molar-refractivity contribution in [1.82, 2.24) is 5.32 Å². The molecule has 14 heteroatoms. The van der Waals surface area contributed by atoms with Gasteiger partial charge in [-0.1, -0.05) is 312 Å². The van der Waals surface area contributed by atoms with Gasteiger partial charge in [0.15, 0.2) is 12.6 Å². The molecule has 0 saturated carbocycles. The van der Waals surface area contributed by atoms with E-state index in [1.54, 1.807) is 6.08 Å². The van der Waals surface area contributed by atoms with Gasteiger partial charge in [-0.3, -0.25) is 4.79 Å². The van der Waals surface area contributed by atoms with Crippen molar-refractivity contribution in [2.24, 2.45) is 0 Å². The molecule has 0 aromatic carbocycles. The van der Waals surface area contributed by atoms with Crippen molar-refractivity contribution in [1.29, 1.82) is 0 Å². The number of nitrogens with one attached hydrogen (secondary N) is 1. The van der Waals surface area contributed by atoms with Crippen molar-refractivity contribution < 1.29 is 64.6 Å². The Morgan fingerprint density at radius 1 is 0.363 bits per heavy atom. The Labute approximate surface area is 619 Å². The highest BCUT2D eigenvalue weighted by atomic mass is 16.7. The van der Waals surface area contributed by atoms with E-state index in [0.29, 0.717) is 12.8 Å². The Morgan fingerprint density at radius 2 is 0.686 bits per heavy atom. The SMILES string of the molecule is CC/C=C\C/C=C\C/C=C\C/C=C\C/C=C\C/C=C\C/C=C\C/C=C\C/C=C\C/C=C\C/C=C\C/C=C\CCCCC(=O)NC(COC1OC(CO)C(OC2OC(CO)C(O)C(O)C2O)C(O)C1O)C(O)/C=C/CC/C=C/CC/C=C/CCCCCCCCCCCCCCCCCCCCC. The molecule has 0 aromatic rings. The minimum atomic E-state index is -1.81. The topological polar surface area (TPSA) is 228 Å². The Balaban J connectivity index is 1.69. The fraction of sp³-hybridized carbons (Fsp3) is 0.648. The Morgan fingerprint density at radius 3 is 1.08 bits per heavy atom. The molecule has 2 heterocycles. The Kier molecular flexibility index (Phi) is 63.2. The zero-order valence-electron chi connectivity index (χ0n) is 63.3. The van der Waals surface area contributed by atoms with Gasteiger partial charge in [0.1, 0.15) is 48.8 Å². The summed E-state index contributed by atoms with van der Waals surface area (Å²) in [5.74, 6) is -0.301. The number of amides is 1. The highest BCUT2D eigenvalue weighted by Crippen LogP contribution is 2.30. The van der Waals surface area contributed by atoms with Crippen LogP contribution in [0, 0.1) is 0 Å². The van der Waals surface area contributed by atoms with Crippen molar-refractivity contribution in [3.63, 3.8) is 0 Å². The average Bonchev–Trinajstić information content (AvgIpc) is 0.790. The van der Waals surface area contributed by atoms with Crippen molar-refractivity contribution >= 4 is 5.91 Å². The maximum Gasteiger partial charge on any atom is 0.220 e. The molecule has 102 heavy (non-hydrogen) atoms. The number of hydrogen-bond acceptors (Lipinski definition) is 13. The summed E-state index contributed by atoms with van der Waals surface area (Å²) in [6, 6.07) is -0.978. The first kappa shape index (κ1) is 93.2. The number of hydrogen-bond donors (Lipinski definition) is 9. The second-order valence-electron chi connectivity index (χ2n) is 27.1. The van der Waals surface area contributed by atoms with Crippen LogP contribution in [-0.2, 0) is 23.7 Å². The van der Waals surface area contributed by atoms with Crippen LogP contribution in [0.3, 0.4) is 0 Å². The third-order valence-corrected chi connectivity index (χ3v) is 18.1. The molecule has 14 nitrogen and oxygen atoms in total. The van der Waals surface area contributed by atoms with Gasteiger partial charge >= 0.3 is 0 Å². The number of carbonyl (C=O) groups is 1.